The number of rotatable bonds is 8. The van der Waals surface area contributed by atoms with E-state index in [1.54, 1.807) is 18.2 Å². The van der Waals surface area contributed by atoms with E-state index in [2.05, 4.69) is 10.6 Å². The lowest BCUT2D eigenvalue weighted by atomic mass is 10.2. The van der Waals surface area contributed by atoms with Gasteiger partial charge >= 0.3 is 0 Å². The van der Waals surface area contributed by atoms with Crippen LogP contribution >= 0.6 is 11.6 Å². The number of halogens is 1. The van der Waals surface area contributed by atoms with E-state index in [1.807, 2.05) is 44.2 Å². The molecule has 0 atom stereocenters. The number of hydrogen-bond donors (Lipinski definition) is 2. The van der Waals surface area contributed by atoms with Crippen molar-refractivity contribution in [2.45, 2.75) is 26.4 Å². The molecule has 0 radical (unpaired) electrons. The molecule has 2 aromatic carbocycles. The Labute approximate surface area is 148 Å². The molecule has 0 bridgehead atoms. The normalized spacial score (nSPS) is 10.5. The highest BCUT2D eigenvalue weighted by Gasteiger charge is 2.14. The summed E-state index contributed by atoms with van der Waals surface area (Å²) in [7, 11) is 0. The van der Waals surface area contributed by atoms with Gasteiger partial charge in [0.1, 0.15) is 5.75 Å². The molecular formula is C19H23ClN2O2. The van der Waals surface area contributed by atoms with Crippen molar-refractivity contribution >= 4 is 23.2 Å². The summed E-state index contributed by atoms with van der Waals surface area (Å²) in [6, 6.07) is 15.1. The van der Waals surface area contributed by atoms with Gasteiger partial charge in [-0.3, -0.25) is 4.79 Å². The standard InChI is InChI=1S/C19H23ClN2O2/c1-14(2)24-18-10-9-15(20)13-17(18)19(23)22-12-6-11-21-16-7-4-3-5-8-16/h3-5,7-10,13-14,21H,6,11-12H2,1-2H3,(H,22,23). The number of para-hydroxylation sites is 1. The molecule has 0 saturated carbocycles. The fourth-order valence-corrected chi connectivity index (χ4v) is 2.38. The van der Waals surface area contributed by atoms with Crippen LogP contribution in [0.4, 0.5) is 5.69 Å². The van der Waals surface area contributed by atoms with Gasteiger partial charge in [0.25, 0.3) is 5.91 Å². The monoisotopic (exact) mass is 346 g/mol. The molecule has 2 rings (SSSR count). The average Bonchev–Trinajstić information content (AvgIpc) is 2.56. The Morgan fingerprint density at radius 1 is 1.12 bits per heavy atom. The molecule has 24 heavy (non-hydrogen) atoms. The molecule has 0 heterocycles. The molecule has 4 nitrogen and oxygen atoms in total. The fourth-order valence-electron chi connectivity index (χ4n) is 2.21. The van der Waals surface area contributed by atoms with Crippen LogP contribution in [0.2, 0.25) is 5.02 Å². The van der Waals surface area contributed by atoms with Crippen molar-refractivity contribution in [1.29, 1.82) is 0 Å². The van der Waals surface area contributed by atoms with Crippen molar-refractivity contribution in [1.82, 2.24) is 5.32 Å². The smallest absolute Gasteiger partial charge is 0.255 e. The van der Waals surface area contributed by atoms with E-state index >= 15 is 0 Å². The molecule has 128 valence electrons. The maximum Gasteiger partial charge on any atom is 0.255 e. The van der Waals surface area contributed by atoms with Crippen LogP contribution in [0.5, 0.6) is 5.75 Å². The summed E-state index contributed by atoms with van der Waals surface area (Å²) >= 11 is 6.00. The second kappa shape index (κ2) is 9.18. The predicted molar refractivity (Wildman–Crippen MR) is 99.1 cm³/mol. The molecule has 1 amide bonds. The van der Waals surface area contributed by atoms with Crippen LogP contribution in [0.3, 0.4) is 0 Å². The van der Waals surface area contributed by atoms with E-state index in [0.717, 1.165) is 18.7 Å². The van der Waals surface area contributed by atoms with Gasteiger partial charge in [-0.15, -0.1) is 0 Å². The molecule has 2 aromatic rings. The molecule has 0 aliphatic rings. The maximum absolute atomic E-state index is 12.4. The minimum absolute atomic E-state index is 0.00667. The van der Waals surface area contributed by atoms with Gasteiger partial charge in [-0.2, -0.15) is 0 Å². The third kappa shape index (κ3) is 5.78. The first-order chi connectivity index (χ1) is 11.6. The molecule has 0 aliphatic heterocycles. The summed E-state index contributed by atoms with van der Waals surface area (Å²) in [5.41, 5.74) is 1.54. The van der Waals surface area contributed by atoms with Crippen molar-refractivity contribution in [3.05, 3.63) is 59.1 Å². The van der Waals surface area contributed by atoms with E-state index in [4.69, 9.17) is 16.3 Å². The number of carbonyl (C=O) groups is 1. The zero-order chi connectivity index (χ0) is 17.4. The van der Waals surface area contributed by atoms with Gasteiger partial charge in [-0.25, -0.2) is 0 Å². The number of carbonyl (C=O) groups excluding carboxylic acids is 1. The summed E-state index contributed by atoms with van der Waals surface area (Å²) in [6.07, 6.45) is 0.814. The van der Waals surface area contributed by atoms with Crippen LogP contribution in [0.15, 0.2) is 48.5 Å². The van der Waals surface area contributed by atoms with Gasteiger partial charge in [0.05, 0.1) is 11.7 Å². The fraction of sp³-hybridized carbons (Fsp3) is 0.316. The van der Waals surface area contributed by atoms with Gasteiger partial charge < -0.3 is 15.4 Å². The Morgan fingerprint density at radius 3 is 2.58 bits per heavy atom. The summed E-state index contributed by atoms with van der Waals surface area (Å²) in [5.74, 6) is 0.377. The minimum atomic E-state index is -0.173. The zero-order valence-corrected chi connectivity index (χ0v) is 14.8. The van der Waals surface area contributed by atoms with Crippen LogP contribution < -0.4 is 15.4 Å². The third-order valence-electron chi connectivity index (χ3n) is 3.29. The van der Waals surface area contributed by atoms with Gasteiger partial charge in [-0.05, 0) is 50.6 Å². The Hall–Kier alpha value is -2.20. The lowest BCUT2D eigenvalue weighted by molar-refractivity contribution is 0.0947. The highest BCUT2D eigenvalue weighted by molar-refractivity contribution is 6.31. The van der Waals surface area contributed by atoms with Crippen LogP contribution in [0.1, 0.15) is 30.6 Å². The Morgan fingerprint density at radius 2 is 1.88 bits per heavy atom. The number of benzene rings is 2. The van der Waals surface area contributed by atoms with E-state index in [-0.39, 0.29) is 12.0 Å². The quantitative estimate of drug-likeness (QED) is 0.698. The van der Waals surface area contributed by atoms with E-state index < -0.39 is 0 Å². The Kier molecular flexibility index (Phi) is 6.94. The lowest BCUT2D eigenvalue weighted by Crippen LogP contribution is -2.26. The summed E-state index contributed by atoms with van der Waals surface area (Å²) in [4.78, 5) is 12.4. The number of amides is 1. The topological polar surface area (TPSA) is 50.4 Å². The van der Waals surface area contributed by atoms with E-state index in [0.29, 0.717) is 22.9 Å². The third-order valence-corrected chi connectivity index (χ3v) is 3.53. The first-order valence-electron chi connectivity index (χ1n) is 8.09. The molecule has 0 spiro atoms. The minimum Gasteiger partial charge on any atom is -0.490 e. The van der Waals surface area contributed by atoms with Crippen molar-refractivity contribution in [3.8, 4) is 5.75 Å². The van der Waals surface area contributed by atoms with E-state index in [9.17, 15) is 4.79 Å². The number of nitrogens with one attached hydrogen (secondary N) is 2. The van der Waals surface area contributed by atoms with Gasteiger partial charge in [0.2, 0.25) is 0 Å². The van der Waals surface area contributed by atoms with Crippen LogP contribution in [0, 0.1) is 0 Å². The number of ether oxygens (including phenoxy) is 1. The molecule has 0 fully saturated rings. The SMILES string of the molecule is CC(C)Oc1ccc(Cl)cc1C(=O)NCCCNc1ccccc1. The van der Waals surface area contributed by atoms with Crippen molar-refractivity contribution in [3.63, 3.8) is 0 Å². The Balaban J connectivity index is 1.82. The predicted octanol–water partition coefficient (Wildman–Crippen LogP) is 4.36. The molecule has 2 N–H and O–H groups in total. The zero-order valence-electron chi connectivity index (χ0n) is 14.0. The summed E-state index contributed by atoms with van der Waals surface area (Å²) in [5, 5.41) is 6.73. The summed E-state index contributed by atoms with van der Waals surface area (Å²) in [6.45, 7) is 5.21. The van der Waals surface area contributed by atoms with E-state index in [1.165, 1.54) is 0 Å². The largest absolute Gasteiger partial charge is 0.490 e. The van der Waals surface area contributed by atoms with Gasteiger partial charge in [0.15, 0.2) is 0 Å². The second-order valence-corrected chi connectivity index (χ2v) is 6.15. The highest BCUT2D eigenvalue weighted by Crippen LogP contribution is 2.23. The molecule has 0 aromatic heterocycles. The molecule has 0 saturated heterocycles. The van der Waals surface area contributed by atoms with Gasteiger partial charge in [0, 0.05) is 23.8 Å². The first kappa shape index (κ1) is 18.1. The Bertz CT molecular complexity index is 660. The molecule has 0 unspecified atom stereocenters. The summed E-state index contributed by atoms with van der Waals surface area (Å²) < 4.78 is 5.67. The van der Waals surface area contributed by atoms with Crippen LogP contribution in [-0.2, 0) is 0 Å². The molecular weight excluding hydrogens is 324 g/mol. The number of hydrogen-bond acceptors (Lipinski definition) is 3. The first-order valence-corrected chi connectivity index (χ1v) is 8.47. The lowest BCUT2D eigenvalue weighted by Gasteiger charge is -2.14. The highest BCUT2D eigenvalue weighted by atomic mass is 35.5. The average molecular weight is 347 g/mol. The maximum atomic E-state index is 12.4. The number of anilines is 1. The molecule has 5 heteroatoms. The van der Waals surface area contributed by atoms with Crippen molar-refractivity contribution in [2.24, 2.45) is 0 Å². The van der Waals surface area contributed by atoms with Gasteiger partial charge in [-0.1, -0.05) is 29.8 Å². The molecule has 0 aliphatic carbocycles. The van der Waals surface area contributed by atoms with Crippen molar-refractivity contribution in [2.75, 3.05) is 18.4 Å². The van der Waals surface area contributed by atoms with Crippen LogP contribution in [0.25, 0.3) is 0 Å². The van der Waals surface area contributed by atoms with Crippen LogP contribution in [-0.4, -0.2) is 25.1 Å². The second-order valence-electron chi connectivity index (χ2n) is 5.71. The van der Waals surface area contributed by atoms with Crippen molar-refractivity contribution < 1.29 is 9.53 Å².